The minimum atomic E-state index is -1.38. The number of rotatable bonds is 2. The molecule has 1 unspecified atom stereocenters. The van der Waals surface area contributed by atoms with Gasteiger partial charge in [0.2, 0.25) is 0 Å². The average molecular weight is 258 g/mol. The first-order chi connectivity index (χ1) is 8.50. The van der Waals surface area contributed by atoms with Crippen molar-refractivity contribution in [1.82, 2.24) is 9.80 Å². The second-order valence-electron chi connectivity index (χ2n) is 4.78. The lowest BCUT2D eigenvalue weighted by Gasteiger charge is -2.36. The maximum atomic E-state index is 13.7. The Morgan fingerprint density at radius 2 is 1.61 bits per heavy atom. The van der Waals surface area contributed by atoms with E-state index >= 15 is 0 Å². The summed E-state index contributed by atoms with van der Waals surface area (Å²) >= 11 is 0. The van der Waals surface area contributed by atoms with E-state index < -0.39 is 17.5 Å². The highest BCUT2D eigenvalue weighted by molar-refractivity contribution is 5.23. The lowest BCUT2D eigenvalue weighted by atomic mass is 10.0. The minimum absolute atomic E-state index is 0.221. The molecule has 0 saturated carbocycles. The molecule has 1 heterocycles. The van der Waals surface area contributed by atoms with E-state index in [0.29, 0.717) is 0 Å². The lowest BCUT2D eigenvalue weighted by Crippen LogP contribution is -2.45. The Bertz CT molecular complexity index is 428. The number of likely N-dealkylation sites (N-methyl/N-ethyl adjacent to an activating group) is 1. The molecule has 2 rings (SSSR count). The molecule has 100 valence electrons. The second-order valence-corrected chi connectivity index (χ2v) is 4.78. The third-order valence-corrected chi connectivity index (χ3v) is 3.60. The molecule has 0 N–H and O–H groups in total. The third kappa shape index (κ3) is 2.52. The van der Waals surface area contributed by atoms with E-state index in [0.717, 1.165) is 32.2 Å². The van der Waals surface area contributed by atoms with Gasteiger partial charge < -0.3 is 4.90 Å². The average Bonchev–Trinajstić information content (AvgIpc) is 2.36. The third-order valence-electron chi connectivity index (χ3n) is 3.60. The van der Waals surface area contributed by atoms with Gasteiger partial charge >= 0.3 is 0 Å². The zero-order chi connectivity index (χ0) is 13.3. The fraction of sp³-hybridized carbons (Fsp3) is 0.538. The van der Waals surface area contributed by atoms with Crippen molar-refractivity contribution in [2.24, 2.45) is 0 Å². The van der Waals surface area contributed by atoms with Gasteiger partial charge in [0.25, 0.3) is 0 Å². The molecule has 0 amide bonds. The van der Waals surface area contributed by atoms with Crippen molar-refractivity contribution in [3.8, 4) is 0 Å². The van der Waals surface area contributed by atoms with Gasteiger partial charge in [-0.25, -0.2) is 13.2 Å². The molecule has 0 aromatic heterocycles. The van der Waals surface area contributed by atoms with Crippen LogP contribution in [0, 0.1) is 17.5 Å². The Hall–Kier alpha value is -1.07. The van der Waals surface area contributed by atoms with Gasteiger partial charge in [0.15, 0.2) is 17.5 Å². The predicted octanol–water partition coefficient (Wildman–Crippen LogP) is 2.41. The normalized spacial score (nSPS) is 20.1. The van der Waals surface area contributed by atoms with Crippen molar-refractivity contribution in [3.05, 3.63) is 35.1 Å². The van der Waals surface area contributed by atoms with Crippen LogP contribution in [0.2, 0.25) is 0 Å². The summed E-state index contributed by atoms with van der Waals surface area (Å²) in [5, 5.41) is 0. The predicted molar refractivity (Wildman–Crippen MR) is 63.8 cm³/mol. The van der Waals surface area contributed by atoms with Crippen LogP contribution in [-0.4, -0.2) is 43.0 Å². The van der Waals surface area contributed by atoms with Gasteiger partial charge in [-0.1, -0.05) is 6.07 Å². The maximum Gasteiger partial charge on any atom is 0.194 e. The van der Waals surface area contributed by atoms with Crippen molar-refractivity contribution in [2.45, 2.75) is 13.0 Å². The maximum absolute atomic E-state index is 13.7. The van der Waals surface area contributed by atoms with Gasteiger partial charge in [0.05, 0.1) is 0 Å². The van der Waals surface area contributed by atoms with Crippen LogP contribution in [0.4, 0.5) is 13.2 Å². The van der Waals surface area contributed by atoms with E-state index in [9.17, 15) is 13.2 Å². The monoisotopic (exact) mass is 258 g/mol. The van der Waals surface area contributed by atoms with E-state index in [-0.39, 0.29) is 11.6 Å². The van der Waals surface area contributed by atoms with Crippen molar-refractivity contribution >= 4 is 0 Å². The fourth-order valence-electron chi connectivity index (χ4n) is 2.27. The molecule has 2 nitrogen and oxygen atoms in total. The van der Waals surface area contributed by atoms with Gasteiger partial charge in [0.1, 0.15) is 0 Å². The van der Waals surface area contributed by atoms with E-state index in [1.165, 1.54) is 6.07 Å². The van der Waals surface area contributed by atoms with E-state index in [1.807, 2.05) is 14.0 Å². The van der Waals surface area contributed by atoms with Crippen LogP contribution in [0.3, 0.4) is 0 Å². The molecular weight excluding hydrogens is 241 g/mol. The summed E-state index contributed by atoms with van der Waals surface area (Å²) in [4.78, 5) is 4.26. The van der Waals surface area contributed by atoms with Crippen LogP contribution in [0.1, 0.15) is 18.5 Å². The first-order valence-electron chi connectivity index (χ1n) is 6.06. The highest BCUT2D eigenvalue weighted by Crippen LogP contribution is 2.26. The summed E-state index contributed by atoms with van der Waals surface area (Å²) in [6, 6.07) is 2.07. The molecule has 1 aliphatic heterocycles. The number of benzene rings is 1. The van der Waals surface area contributed by atoms with Crippen LogP contribution < -0.4 is 0 Å². The lowest BCUT2D eigenvalue weighted by molar-refractivity contribution is 0.117. The number of hydrogen-bond acceptors (Lipinski definition) is 2. The summed E-state index contributed by atoms with van der Waals surface area (Å²) in [5.74, 6) is -3.59. The summed E-state index contributed by atoms with van der Waals surface area (Å²) in [6.45, 7) is 5.22. The molecule has 0 bridgehead atoms. The minimum Gasteiger partial charge on any atom is -0.304 e. The smallest absolute Gasteiger partial charge is 0.194 e. The first kappa shape index (κ1) is 13.4. The van der Waals surface area contributed by atoms with Gasteiger partial charge in [-0.2, -0.15) is 0 Å². The Kier molecular flexibility index (Phi) is 3.92. The van der Waals surface area contributed by atoms with Gasteiger partial charge in [-0.05, 0) is 20.0 Å². The summed E-state index contributed by atoms with van der Waals surface area (Å²) in [7, 11) is 2.03. The van der Waals surface area contributed by atoms with E-state index in [1.54, 1.807) is 0 Å². The summed E-state index contributed by atoms with van der Waals surface area (Å²) in [5.41, 5.74) is 0.221. The Balaban J connectivity index is 2.18. The quantitative estimate of drug-likeness (QED) is 0.752. The number of piperazine rings is 1. The van der Waals surface area contributed by atoms with E-state index in [2.05, 4.69) is 9.80 Å². The zero-order valence-electron chi connectivity index (χ0n) is 10.6. The van der Waals surface area contributed by atoms with Crippen LogP contribution in [0.5, 0.6) is 0 Å². The SMILES string of the molecule is CC(c1ccc(F)c(F)c1F)N1CCN(C)CC1. The highest BCUT2D eigenvalue weighted by atomic mass is 19.2. The van der Waals surface area contributed by atoms with Crippen LogP contribution in [0.25, 0.3) is 0 Å². The van der Waals surface area contributed by atoms with Crippen LogP contribution in [-0.2, 0) is 0 Å². The van der Waals surface area contributed by atoms with Crippen molar-refractivity contribution in [3.63, 3.8) is 0 Å². The summed E-state index contributed by atoms with van der Waals surface area (Å²) in [6.07, 6.45) is 0. The molecule has 1 aromatic carbocycles. The Labute approximate surface area is 105 Å². The number of hydrogen-bond donors (Lipinski definition) is 0. The first-order valence-corrected chi connectivity index (χ1v) is 6.06. The molecule has 1 atom stereocenters. The number of nitrogens with zero attached hydrogens (tertiary/aromatic N) is 2. The molecule has 1 aromatic rings. The van der Waals surface area contributed by atoms with Crippen molar-refractivity contribution in [1.29, 1.82) is 0 Å². The fourth-order valence-corrected chi connectivity index (χ4v) is 2.27. The topological polar surface area (TPSA) is 6.48 Å². The molecule has 18 heavy (non-hydrogen) atoms. The standard InChI is InChI=1S/C13H17F3N2/c1-9(18-7-5-17(2)6-8-18)10-3-4-11(14)13(16)12(10)15/h3-4,9H,5-8H2,1-2H3. The molecule has 0 radical (unpaired) electrons. The van der Waals surface area contributed by atoms with E-state index in [4.69, 9.17) is 0 Å². The van der Waals surface area contributed by atoms with Crippen LogP contribution in [0.15, 0.2) is 12.1 Å². The summed E-state index contributed by atoms with van der Waals surface area (Å²) < 4.78 is 39.8. The Morgan fingerprint density at radius 3 is 2.22 bits per heavy atom. The molecular formula is C13H17F3N2. The molecule has 1 fully saturated rings. The van der Waals surface area contributed by atoms with Crippen molar-refractivity contribution in [2.75, 3.05) is 33.2 Å². The largest absolute Gasteiger partial charge is 0.304 e. The van der Waals surface area contributed by atoms with Crippen LogP contribution >= 0.6 is 0 Å². The molecule has 0 spiro atoms. The highest BCUT2D eigenvalue weighted by Gasteiger charge is 2.24. The molecule has 5 heteroatoms. The Morgan fingerprint density at radius 1 is 1.00 bits per heavy atom. The zero-order valence-corrected chi connectivity index (χ0v) is 10.6. The number of halogens is 3. The molecule has 1 aliphatic rings. The molecule has 1 saturated heterocycles. The van der Waals surface area contributed by atoms with Gasteiger partial charge in [-0.15, -0.1) is 0 Å². The van der Waals surface area contributed by atoms with Crippen molar-refractivity contribution < 1.29 is 13.2 Å². The second kappa shape index (κ2) is 5.28. The van der Waals surface area contributed by atoms with Gasteiger partial charge in [-0.3, -0.25) is 4.90 Å². The van der Waals surface area contributed by atoms with Gasteiger partial charge in [0, 0.05) is 37.8 Å². The molecule has 0 aliphatic carbocycles.